The molecule has 0 bridgehead atoms. The summed E-state index contributed by atoms with van der Waals surface area (Å²) in [5, 5.41) is 9.70. The Hall–Kier alpha value is -2.41. The number of piperidine rings is 1. The first-order valence-electron chi connectivity index (χ1n) is 8.78. The van der Waals surface area contributed by atoms with Crippen LogP contribution in [0.25, 0.3) is 0 Å². The summed E-state index contributed by atoms with van der Waals surface area (Å²) in [4.78, 5) is 18.6. The van der Waals surface area contributed by atoms with Crippen molar-refractivity contribution in [2.24, 2.45) is 5.41 Å². The van der Waals surface area contributed by atoms with Gasteiger partial charge in [0.15, 0.2) is 12.3 Å². The molecule has 0 aliphatic carbocycles. The van der Waals surface area contributed by atoms with Crippen molar-refractivity contribution in [3.05, 3.63) is 47.9 Å². The molecule has 6 nitrogen and oxygen atoms in total. The first-order valence-corrected chi connectivity index (χ1v) is 8.78. The molecule has 0 spiro atoms. The van der Waals surface area contributed by atoms with E-state index in [1.54, 1.807) is 17.0 Å². The minimum Gasteiger partial charge on any atom is -0.484 e. The third kappa shape index (κ3) is 4.04. The maximum absolute atomic E-state index is 13.1. The van der Waals surface area contributed by atoms with Gasteiger partial charge < -0.3 is 19.2 Å². The molecule has 1 atom stereocenters. The van der Waals surface area contributed by atoms with Gasteiger partial charge in [0.25, 0.3) is 5.91 Å². The Morgan fingerprint density at radius 2 is 2.35 bits per heavy atom. The Kier molecular flexibility index (Phi) is 5.56. The summed E-state index contributed by atoms with van der Waals surface area (Å²) in [6.45, 7) is 3.26. The number of carbonyl (C=O) groups excluding carboxylic acids is 1. The topological polar surface area (TPSA) is 75.8 Å². The van der Waals surface area contributed by atoms with Gasteiger partial charge >= 0.3 is 0 Å². The van der Waals surface area contributed by atoms with Crippen molar-refractivity contribution in [3.8, 4) is 5.75 Å². The molecule has 1 aromatic carbocycles. The molecule has 0 saturated carbocycles. The van der Waals surface area contributed by atoms with Crippen LogP contribution in [0.15, 0.2) is 34.9 Å². The zero-order chi connectivity index (χ0) is 18.6. The number of ether oxygens (including phenoxy) is 1. The van der Waals surface area contributed by atoms with Crippen molar-refractivity contribution >= 4 is 5.91 Å². The molecule has 7 heteroatoms. The van der Waals surface area contributed by atoms with Gasteiger partial charge in [-0.05, 0) is 31.4 Å². The minimum atomic E-state index is -0.390. The van der Waals surface area contributed by atoms with E-state index in [4.69, 9.17) is 9.15 Å². The van der Waals surface area contributed by atoms with Crippen LogP contribution in [0, 0.1) is 11.2 Å². The van der Waals surface area contributed by atoms with Gasteiger partial charge in [-0.2, -0.15) is 0 Å². The number of hydrogen-bond donors (Lipinski definition) is 1. The van der Waals surface area contributed by atoms with Gasteiger partial charge in [-0.1, -0.05) is 13.0 Å². The van der Waals surface area contributed by atoms with E-state index in [-0.39, 0.29) is 41.9 Å². The highest BCUT2D eigenvalue weighted by molar-refractivity contribution is 5.92. The zero-order valence-corrected chi connectivity index (χ0v) is 14.8. The summed E-state index contributed by atoms with van der Waals surface area (Å²) in [6, 6.07) is 5.77. The molecule has 0 radical (unpaired) electrons. The summed E-state index contributed by atoms with van der Waals surface area (Å²) < 4.78 is 23.9. The fraction of sp³-hybridized carbons (Fsp3) is 0.474. The Bertz CT molecular complexity index is 758. The second-order valence-corrected chi connectivity index (χ2v) is 6.71. The Labute approximate surface area is 151 Å². The molecule has 1 fully saturated rings. The van der Waals surface area contributed by atoms with E-state index in [9.17, 15) is 14.3 Å². The van der Waals surface area contributed by atoms with E-state index in [1.165, 1.54) is 18.4 Å². The first-order chi connectivity index (χ1) is 12.5. The van der Waals surface area contributed by atoms with Crippen LogP contribution in [-0.2, 0) is 6.61 Å². The predicted molar refractivity (Wildman–Crippen MR) is 92.2 cm³/mol. The summed E-state index contributed by atoms with van der Waals surface area (Å²) in [5.41, 5.74) is -0.0197. The van der Waals surface area contributed by atoms with Crippen LogP contribution in [-0.4, -0.2) is 40.6 Å². The molecule has 1 aliphatic heterocycles. The predicted octanol–water partition coefficient (Wildman–Crippen LogP) is 3.02. The normalized spacial score (nSPS) is 20.2. The van der Waals surface area contributed by atoms with E-state index < -0.39 is 0 Å². The largest absolute Gasteiger partial charge is 0.484 e. The van der Waals surface area contributed by atoms with Gasteiger partial charge in [0.05, 0.1) is 6.61 Å². The van der Waals surface area contributed by atoms with Crippen LogP contribution in [0.1, 0.15) is 42.6 Å². The molecule has 3 rings (SSSR count). The van der Waals surface area contributed by atoms with E-state index in [1.807, 2.05) is 6.92 Å². The number of halogens is 1. The number of amides is 1. The maximum atomic E-state index is 13.1. The summed E-state index contributed by atoms with van der Waals surface area (Å²) in [7, 11) is 0. The molecule has 1 saturated heterocycles. The van der Waals surface area contributed by atoms with Crippen LogP contribution in [0.5, 0.6) is 5.75 Å². The molecule has 2 heterocycles. The second kappa shape index (κ2) is 7.86. The molecular formula is C19H23FN2O4. The van der Waals surface area contributed by atoms with Crippen LogP contribution in [0.2, 0.25) is 0 Å². The van der Waals surface area contributed by atoms with Gasteiger partial charge in [-0.25, -0.2) is 9.37 Å². The van der Waals surface area contributed by atoms with Crippen molar-refractivity contribution in [3.63, 3.8) is 0 Å². The third-order valence-corrected chi connectivity index (χ3v) is 4.96. The smallest absolute Gasteiger partial charge is 0.275 e. The number of oxazole rings is 1. The van der Waals surface area contributed by atoms with Crippen molar-refractivity contribution in [2.45, 2.75) is 32.8 Å². The van der Waals surface area contributed by atoms with E-state index >= 15 is 0 Å². The van der Waals surface area contributed by atoms with Crippen molar-refractivity contribution in [1.29, 1.82) is 0 Å². The number of hydrogen-bond acceptors (Lipinski definition) is 5. The number of nitrogens with zero attached hydrogens (tertiary/aromatic N) is 2. The lowest BCUT2D eigenvalue weighted by atomic mass is 9.78. The third-order valence-electron chi connectivity index (χ3n) is 4.96. The van der Waals surface area contributed by atoms with E-state index in [2.05, 4.69) is 4.98 Å². The minimum absolute atomic E-state index is 0.00622. The zero-order valence-electron chi connectivity index (χ0n) is 14.8. The fourth-order valence-corrected chi connectivity index (χ4v) is 3.25. The fourth-order valence-electron chi connectivity index (χ4n) is 3.25. The van der Waals surface area contributed by atoms with E-state index in [0.717, 1.165) is 19.3 Å². The number of aromatic nitrogens is 1. The summed E-state index contributed by atoms with van der Waals surface area (Å²) >= 11 is 0. The standard InChI is InChI=1S/C19H23FN2O4/c1-2-19(13-23)7-4-8-22(12-19)18(24)16-10-26-17(21-16)11-25-15-6-3-5-14(20)9-15/h3,5-6,9-10,23H,2,4,7-8,11-13H2,1H3. The lowest BCUT2D eigenvalue weighted by Crippen LogP contribution is -2.47. The monoisotopic (exact) mass is 362 g/mol. The average molecular weight is 362 g/mol. The van der Waals surface area contributed by atoms with Gasteiger partial charge in [0.2, 0.25) is 5.89 Å². The van der Waals surface area contributed by atoms with E-state index in [0.29, 0.717) is 18.8 Å². The first kappa shape index (κ1) is 18.4. The van der Waals surface area contributed by atoms with Crippen molar-refractivity contribution in [1.82, 2.24) is 9.88 Å². The van der Waals surface area contributed by atoms with Gasteiger partial charge in [0.1, 0.15) is 17.8 Å². The second-order valence-electron chi connectivity index (χ2n) is 6.71. The highest BCUT2D eigenvalue weighted by atomic mass is 19.1. The Morgan fingerprint density at radius 1 is 1.50 bits per heavy atom. The highest BCUT2D eigenvalue weighted by Crippen LogP contribution is 2.33. The molecule has 140 valence electrons. The Morgan fingerprint density at radius 3 is 3.08 bits per heavy atom. The molecule has 1 N–H and O–H groups in total. The van der Waals surface area contributed by atoms with Crippen LogP contribution in [0.3, 0.4) is 0 Å². The molecule has 1 amide bonds. The molecule has 1 aromatic heterocycles. The highest BCUT2D eigenvalue weighted by Gasteiger charge is 2.36. The number of rotatable bonds is 6. The molecule has 1 aliphatic rings. The number of carbonyl (C=O) groups is 1. The van der Waals surface area contributed by atoms with Crippen molar-refractivity contribution in [2.75, 3.05) is 19.7 Å². The average Bonchev–Trinajstić information content (AvgIpc) is 3.15. The summed E-state index contributed by atoms with van der Waals surface area (Å²) in [5.74, 6) is 0.0113. The number of likely N-dealkylation sites (tertiary alicyclic amines) is 1. The van der Waals surface area contributed by atoms with Crippen molar-refractivity contribution < 1.29 is 23.4 Å². The van der Waals surface area contributed by atoms with Gasteiger partial charge in [-0.3, -0.25) is 4.79 Å². The quantitative estimate of drug-likeness (QED) is 0.855. The number of aliphatic hydroxyl groups is 1. The maximum Gasteiger partial charge on any atom is 0.275 e. The van der Waals surface area contributed by atoms with Gasteiger partial charge in [-0.15, -0.1) is 0 Å². The molecule has 2 aromatic rings. The summed E-state index contributed by atoms with van der Waals surface area (Å²) in [6.07, 6.45) is 3.90. The molecule has 1 unspecified atom stereocenters. The number of benzene rings is 1. The lowest BCUT2D eigenvalue weighted by Gasteiger charge is -2.41. The number of aliphatic hydroxyl groups excluding tert-OH is 1. The SMILES string of the molecule is CCC1(CO)CCCN(C(=O)c2coc(COc3cccc(F)c3)n2)C1. The molecular weight excluding hydrogens is 339 g/mol. The Balaban J connectivity index is 1.62. The van der Waals surface area contributed by atoms with Gasteiger partial charge in [0, 0.05) is 24.6 Å². The lowest BCUT2D eigenvalue weighted by molar-refractivity contribution is 0.0248. The van der Waals surface area contributed by atoms with Crippen LogP contribution in [0.4, 0.5) is 4.39 Å². The van der Waals surface area contributed by atoms with Crippen LogP contribution < -0.4 is 4.74 Å². The van der Waals surface area contributed by atoms with Crippen LogP contribution >= 0.6 is 0 Å². The molecule has 26 heavy (non-hydrogen) atoms.